The van der Waals surface area contributed by atoms with Gasteiger partial charge in [-0.3, -0.25) is 14.4 Å². The molecule has 10 nitrogen and oxygen atoms in total. The first-order valence-electron chi connectivity index (χ1n) is 8.05. The van der Waals surface area contributed by atoms with Gasteiger partial charge in [0.15, 0.2) is 0 Å². The highest BCUT2D eigenvalue weighted by atomic mass is 24.3. The molecule has 0 amide bonds. The molecule has 1 unspecified atom stereocenters. The van der Waals surface area contributed by atoms with Crippen LogP contribution in [0, 0.1) is 5.41 Å². The maximum Gasteiger partial charge on any atom is 0.333 e. The van der Waals surface area contributed by atoms with Gasteiger partial charge in [0, 0.05) is 17.6 Å². The van der Waals surface area contributed by atoms with Crippen molar-refractivity contribution in [3.8, 4) is 0 Å². The average molecular weight is 429 g/mol. The van der Waals surface area contributed by atoms with Gasteiger partial charge in [-0.15, -0.1) is 0 Å². The molecule has 162 valence electrons. The Bertz CT molecular complexity index is 627. The number of aliphatic carboxylic acids is 3. The van der Waals surface area contributed by atoms with Crippen molar-refractivity contribution in [1.82, 2.24) is 0 Å². The van der Waals surface area contributed by atoms with Gasteiger partial charge in [-0.1, -0.05) is 13.2 Å². The first-order chi connectivity index (χ1) is 12.7. The van der Waals surface area contributed by atoms with Crippen molar-refractivity contribution in [1.29, 1.82) is 0 Å². The Balaban J connectivity index is -0.000000636. The van der Waals surface area contributed by atoms with Crippen LogP contribution in [0.15, 0.2) is 24.3 Å². The van der Waals surface area contributed by atoms with Gasteiger partial charge >= 0.3 is 52.9 Å². The van der Waals surface area contributed by atoms with Gasteiger partial charge in [0.1, 0.15) is 12.0 Å². The van der Waals surface area contributed by atoms with E-state index in [1.165, 1.54) is 20.8 Å². The summed E-state index contributed by atoms with van der Waals surface area (Å²) < 4.78 is 9.70. The van der Waals surface area contributed by atoms with E-state index in [1.807, 2.05) is 0 Å². The van der Waals surface area contributed by atoms with E-state index in [4.69, 9.17) is 19.7 Å². The maximum atomic E-state index is 11.3. The highest BCUT2D eigenvalue weighted by Crippen LogP contribution is 2.23. The Morgan fingerprint density at radius 1 is 0.828 bits per heavy atom. The molecule has 0 radical (unpaired) electrons. The second-order valence-corrected chi connectivity index (χ2v) is 6.18. The van der Waals surface area contributed by atoms with Crippen LogP contribution < -0.4 is 0 Å². The number of hydrogen-bond acceptors (Lipinski definition) is 7. The number of carbonyl (C=O) groups is 5. The second-order valence-electron chi connectivity index (χ2n) is 6.18. The monoisotopic (exact) mass is 428 g/mol. The number of hydrogen-bond donors (Lipinski definition) is 3. The standard InChI is InChI=1S/C14H20O6.C4H6O4.Mg.2H/c1-9(2)11(15)19-7-6-14(5,13(17)18)8-20-12(16)10(3)4;5-3(6)1-2-4(7)8;;;/h1,3,6-8H2,2,4-5H3,(H,17,18);1-2H2,(H,5,6)(H,7,8);;;. The molecule has 0 aliphatic heterocycles. The summed E-state index contributed by atoms with van der Waals surface area (Å²) in [4.78, 5) is 53.0. The Morgan fingerprint density at radius 3 is 1.52 bits per heavy atom. The molecule has 1 atom stereocenters. The van der Waals surface area contributed by atoms with E-state index < -0.39 is 35.3 Å². The minimum Gasteiger partial charge on any atom is -0.481 e. The molecule has 3 N–H and O–H groups in total. The fourth-order valence-corrected chi connectivity index (χ4v) is 1.29. The Labute approximate surface area is 184 Å². The molecular weight excluding hydrogens is 400 g/mol. The van der Waals surface area contributed by atoms with E-state index in [0.29, 0.717) is 0 Å². The van der Waals surface area contributed by atoms with Gasteiger partial charge in [0.2, 0.25) is 0 Å². The molecule has 0 bridgehead atoms. The van der Waals surface area contributed by atoms with E-state index in [9.17, 15) is 29.1 Å². The molecule has 0 aromatic heterocycles. The first kappa shape index (κ1) is 31.3. The van der Waals surface area contributed by atoms with Crippen molar-refractivity contribution in [3.05, 3.63) is 24.3 Å². The van der Waals surface area contributed by atoms with E-state index >= 15 is 0 Å². The minimum atomic E-state index is -1.33. The molecule has 29 heavy (non-hydrogen) atoms. The highest BCUT2D eigenvalue weighted by molar-refractivity contribution is 5.87. The van der Waals surface area contributed by atoms with Crippen LogP contribution in [0.4, 0.5) is 0 Å². The van der Waals surface area contributed by atoms with Crippen molar-refractivity contribution >= 4 is 52.9 Å². The van der Waals surface area contributed by atoms with Gasteiger partial charge in [0.05, 0.1) is 19.4 Å². The Hall–Kier alpha value is -2.40. The van der Waals surface area contributed by atoms with Gasteiger partial charge in [-0.25, -0.2) is 9.59 Å². The minimum absolute atomic E-state index is 0. The summed E-state index contributed by atoms with van der Waals surface area (Å²) in [5.74, 6) is -4.54. The number of carboxylic acids is 3. The van der Waals surface area contributed by atoms with Crippen LogP contribution in [0.2, 0.25) is 0 Å². The quantitative estimate of drug-likeness (QED) is 0.242. The molecule has 0 rings (SSSR count). The van der Waals surface area contributed by atoms with Crippen molar-refractivity contribution in [3.63, 3.8) is 0 Å². The van der Waals surface area contributed by atoms with Gasteiger partial charge in [-0.05, 0) is 20.8 Å². The molecule has 0 spiro atoms. The second kappa shape index (κ2) is 15.5. The molecule has 0 aromatic carbocycles. The summed E-state index contributed by atoms with van der Waals surface area (Å²) in [6.45, 7) is 10.8. The van der Waals surface area contributed by atoms with Crippen molar-refractivity contribution < 1.29 is 48.8 Å². The number of rotatable bonds is 11. The molecular formula is C18H28MgO10. The molecule has 0 saturated carbocycles. The van der Waals surface area contributed by atoms with Gasteiger partial charge in [0.25, 0.3) is 0 Å². The normalized spacial score (nSPS) is 11.3. The molecule has 0 heterocycles. The van der Waals surface area contributed by atoms with Crippen LogP contribution in [-0.2, 0) is 33.4 Å². The van der Waals surface area contributed by atoms with Crippen LogP contribution in [0.1, 0.15) is 40.0 Å². The Kier molecular flexibility index (Phi) is 16.7. The van der Waals surface area contributed by atoms with Crippen molar-refractivity contribution in [2.45, 2.75) is 40.0 Å². The van der Waals surface area contributed by atoms with Crippen LogP contribution in [0.3, 0.4) is 0 Å². The lowest BCUT2D eigenvalue weighted by Crippen LogP contribution is -2.35. The summed E-state index contributed by atoms with van der Waals surface area (Å²) >= 11 is 0. The first-order valence-corrected chi connectivity index (χ1v) is 8.05. The summed E-state index contributed by atoms with van der Waals surface area (Å²) in [6.07, 6.45) is -0.574. The molecule has 0 fully saturated rings. The summed E-state index contributed by atoms with van der Waals surface area (Å²) in [5, 5.41) is 25.0. The molecule has 0 aromatic rings. The number of esters is 2. The molecule has 0 aliphatic carbocycles. The Morgan fingerprint density at radius 2 is 1.21 bits per heavy atom. The average Bonchev–Trinajstić information content (AvgIpc) is 2.57. The van der Waals surface area contributed by atoms with E-state index in [-0.39, 0.29) is 66.7 Å². The van der Waals surface area contributed by atoms with Crippen LogP contribution in [0.25, 0.3) is 0 Å². The third kappa shape index (κ3) is 16.3. The third-order valence-corrected chi connectivity index (χ3v) is 3.17. The zero-order chi connectivity index (χ0) is 22.5. The zero-order valence-electron chi connectivity index (χ0n) is 16.1. The number of carboxylic acid groups (broad SMARTS) is 3. The van der Waals surface area contributed by atoms with Crippen LogP contribution in [0.5, 0.6) is 0 Å². The lowest BCUT2D eigenvalue weighted by molar-refractivity contribution is -0.159. The van der Waals surface area contributed by atoms with E-state index in [2.05, 4.69) is 13.2 Å². The number of carbonyl (C=O) groups excluding carboxylic acids is 2. The summed E-state index contributed by atoms with van der Waals surface area (Å²) in [6, 6.07) is 0. The van der Waals surface area contributed by atoms with Crippen molar-refractivity contribution in [2.75, 3.05) is 13.2 Å². The lowest BCUT2D eigenvalue weighted by Gasteiger charge is -2.24. The van der Waals surface area contributed by atoms with Crippen LogP contribution >= 0.6 is 0 Å². The topological polar surface area (TPSA) is 164 Å². The van der Waals surface area contributed by atoms with E-state index in [0.717, 1.165) is 0 Å². The van der Waals surface area contributed by atoms with Crippen LogP contribution in [-0.4, -0.2) is 81.4 Å². The highest BCUT2D eigenvalue weighted by Gasteiger charge is 2.35. The largest absolute Gasteiger partial charge is 0.481 e. The predicted octanol–water partition coefficient (Wildman–Crippen LogP) is 0.726. The fraction of sp³-hybridized carbons (Fsp3) is 0.500. The SMILES string of the molecule is C=C(C)C(=O)OCCC(C)(COC(=O)C(=C)C)C(=O)O.O=C(O)CCC(=O)O.[MgH2]. The third-order valence-electron chi connectivity index (χ3n) is 3.17. The fourth-order valence-electron chi connectivity index (χ4n) is 1.29. The molecule has 0 saturated heterocycles. The van der Waals surface area contributed by atoms with Gasteiger partial charge in [-0.2, -0.15) is 0 Å². The lowest BCUT2D eigenvalue weighted by atomic mass is 9.88. The van der Waals surface area contributed by atoms with Gasteiger partial charge < -0.3 is 24.8 Å². The maximum absolute atomic E-state index is 11.3. The van der Waals surface area contributed by atoms with Crippen molar-refractivity contribution in [2.24, 2.45) is 5.41 Å². The number of ether oxygens (including phenoxy) is 2. The van der Waals surface area contributed by atoms with E-state index in [1.54, 1.807) is 0 Å². The smallest absolute Gasteiger partial charge is 0.333 e. The molecule has 11 heteroatoms. The molecule has 0 aliphatic rings. The summed E-state index contributed by atoms with van der Waals surface area (Å²) in [7, 11) is 0. The zero-order valence-corrected chi connectivity index (χ0v) is 16.1. The summed E-state index contributed by atoms with van der Waals surface area (Å²) in [5.41, 5.74) is -0.914. The predicted molar refractivity (Wildman–Crippen MR) is 105 cm³/mol.